The van der Waals surface area contributed by atoms with Gasteiger partial charge in [-0.3, -0.25) is 14.5 Å². The third-order valence-corrected chi connectivity index (χ3v) is 10.4. The van der Waals surface area contributed by atoms with Gasteiger partial charge in [-0.05, 0) is 105 Å². The first-order chi connectivity index (χ1) is 21.7. The lowest BCUT2D eigenvalue weighted by atomic mass is 9.69. The molecule has 2 fully saturated rings. The molecule has 46 heavy (non-hydrogen) atoms. The number of aliphatic imine (C=N–C) groups is 1. The summed E-state index contributed by atoms with van der Waals surface area (Å²) in [6.45, 7) is 21.9. The lowest BCUT2D eigenvalue weighted by Gasteiger charge is -2.47. The summed E-state index contributed by atoms with van der Waals surface area (Å²) in [5, 5.41) is 16.5. The number of H-pyrrole nitrogens is 1. The van der Waals surface area contributed by atoms with E-state index in [1.165, 1.54) is 0 Å². The van der Waals surface area contributed by atoms with E-state index in [1.807, 2.05) is 24.3 Å². The van der Waals surface area contributed by atoms with Crippen LogP contribution >= 0.6 is 0 Å². The van der Waals surface area contributed by atoms with Gasteiger partial charge in [0.15, 0.2) is 11.7 Å². The maximum atomic E-state index is 14.7. The Kier molecular flexibility index (Phi) is 9.92. The molecule has 5 rings (SSSR count). The van der Waals surface area contributed by atoms with E-state index in [9.17, 15) is 9.59 Å². The Morgan fingerprint density at radius 1 is 1.00 bits per heavy atom. The first-order valence-corrected chi connectivity index (χ1v) is 17.2. The molecule has 252 valence electrons. The molecule has 3 aliphatic rings. The van der Waals surface area contributed by atoms with E-state index in [0.717, 1.165) is 70.3 Å². The van der Waals surface area contributed by atoms with Crippen LogP contribution in [0.4, 0.5) is 0 Å². The monoisotopic (exact) mass is 633 g/mol. The lowest BCUT2D eigenvalue weighted by Crippen LogP contribution is -2.56. The van der Waals surface area contributed by atoms with E-state index in [0.29, 0.717) is 29.1 Å². The van der Waals surface area contributed by atoms with E-state index in [1.54, 1.807) is 0 Å². The molecule has 1 aliphatic carbocycles. The maximum absolute atomic E-state index is 14.7. The number of benzene rings is 1. The highest BCUT2D eigenvalue weighted by atomic mass is 16.2. The fourth-order valence-electron chi connectivity index (χ4n) is 7.43. The lowest BCUT2D eigenvalue weighted by molar-refractivity contribution is -0.134. The smallest absolute Gasteiger partial charge is 0.291 e. The van der Waals surface area contributed by atoms with Crippen molar-refractivity contribution in [3.8, 4) is 0 Å². The minimum Gasteiger partial charge on any atom is -0.350 e. The highest BCUT2D eigenvalue weighted by molar-refractivity contribution is 6.39. The van der Waals surface area contributed by atoms with E-state index >= 15 is 0 Å². The number of aromatic amines is 1. The van der Waals surface area contributed by atoms with Crippen molar-refractivity contribution < 1.29 is 9.59 Å². The second-order valence-corrected chi connectivity index (χ2v) is 16.0. The molecule has 0 bridgehead atoms. The van der Waals surface area contributed by atoms with Crippen LogP contribution in [-0.2, 0) is 11.3 Å². The summed E-state index contributed by atoms with van der Waals surface area (Å²) in [4.78, 5) is 40.0. The van der Waals surface area contributed by atoms with Crippen molar-refractivity contribution in [1.82, 2.24) is 40.6 Å². The molecule has 1 spiro atoms. The van der Waals surface area contributed by atoms with Gasteiger partial charge in [-0.25, -0.2) is 10.1 Å². The summed E-state index contributed by atoms with van der Waals surface area (Å²) in [6.07, 6.45) is 5.69. The molecule has 2 N–H and O–H groups in total. The van der Waals surface area contributed by atoms with E-state index < -0.39 is 5.66 Å². The number of carbonyl (C=O) groups is 2. The van der Waals surface area contributed by atoms with Crippen molar-refractivity contribution in [1.29, 1.82) is 0 Å². The molecule has 0 radical (unpaired) electrons. The fourth-order valence-corrected chi connectivity index (χ4v) is 7.43. The molecular formula is C35H55N9O2. The molecule has 1 saturated carbocycles. The summed E-state index contributed by atoms with van der Waals surface area (Å²) in [5.74, 6) is 2.10. The zero-order chi connectivity index (χ0) is 33.3. The zero-order valence-corrected chi connectivity index (χ0v) is 29.3. The van der Waals surface area contributed by atoms with Gasteiger partial charge < -0.3 is 15.1 Å². The van der Waals surface area contributed by atoms with Crippen LogP contribution in [0.2, 0.25) is 0 Å². The standard InChI is InChI=1S/C35H55N9O2/c1-24(2)9-14-28(25-10-12-26(13-11-25)31(45)36-23-29-38-40-41-39-29)44-32(46)30(42-19-21-43(22-20-42)34(6,7)8)37-35(44)17-15-27(16-18-35)33(3,4)5/h10-13,24,27-28H,9,14-23H2,1-8H3,(H,36,45)(H,38,39,40,41)/t27?,28-,35?/m1/s1. The number of hydrogen-bond acceptors (Lipinski definition) is 8. The Balaban J connectivity index is 1.43. The average Bonchev–Trinajstić information content (AvgIpc) is 3.62. The Bertz CT molecular complexity index is 1360. The van der Waals surface area contributed by atoms with Crippen molar-refractivity contribution in [2.45, 2.75) is 118 Å². The van der Waals surface area contributed by atoms with Crippen LogP contribution in [-0.4, -0.2) is 90.4 Å². The number of nitrogens with one attached hydrogen (secondary N) is 2. The summed E-state index contributed by atoms with van der Waals surface area (Å²) in [6, 6.07) is 7.65. The molecule has 11 nitrogen and oxygen atoms in total. The molecule has 2 aliphatic heterocycles. The van der Waals surface area contributed by atoms with E-state index in [-0.39, 0.29) is 35.4 Å². The quantitative estimate of drug-likeness (QED) is 0.410. The number of carbonyl (C=O) groups excluding carboxylic acids is 2. The Morgan fingerprint density at radius 2 is 1.65 bits per heavy atom. The topological polar surface area (TPSA) is 123 Å². The van der Waals surface area contributed by atoms with Crippen LogP contribution < -0.4 is 5.32 Å². The molecular weight excluding hydrogens is 578 g/mol. The Labute approximate surface area is 275 Å². The first kappa shape index (κ1) is 34.0. The predicted molar refractivity (Wildman–Crippen MR) is 180 cm³/mol. The normalized spacial score (nSPS) is 23.7. The van der Waals surface area contributed by atoms with Gasteiger partial charge in [-0.15, -0.1) is 5.10 Å². The highest BCUT2D eigenvalue weighted by Gasteiger charge is 2.53. The van der Waals surface area contributed by atoms with Crippen molar-refractivity contribution in [2.24, 2.45) is 22.2 Å². The molecule has 3 heterocycles. The van der Waals surface area contributed by atoms with E-state index in [4.69, 9.17) is 4.99 Å². The van der Waals surface area contributed by atoms with Crippen molar-refractivity contribution in [2.75, 3.05) is 26.2 Å². The number of piperazine rings is 1. The average molecular weight is 634 g/mol. The SMILES string of the molecule is CC(C)CC[C@H](c1ccc(C(=O)NCc2nnn[nH]2)cc1)N1C(=O)C(N2CCN(C(C)(C)C)CC2)=NC12CCC(C(C)(C)C)CC2. The second kappa shape index (κ2) is 13.4. The third-order valence-electron chi connectivity index (χ3n) is 10.4. The molecule has 1 saturated heterocycles. The van der Waals surface area contributed by atoms with Crippen molar-refractivity contribution >= 4 is 17.6 Å². The summed E-state index contributed by atoms with van der Waals surface area (Å²) >= 11 is 0. The fraction of sp³-hybridized carbons (Fsp3) is 0.714. The number of amidine groups is 1. The number of hydrogen-bond donors (Lipinski definition) is 2. The minimum atomic E-state index is -0.544. The van der Waals surface area contributed by atoms with Crippen LogP contribution in [0, 0.1) is 17.3 Å². The first-order valence-electron chi connectivity index (χ1n) is 17.2. The van der Waals surface area contributed by atoms with Crippen LogP contribution in [0.3, 0.4) is 0 Å². The van der Waals surface area contributed by atoms with Gasteiger partial charge in [0.2, 0.25) is 0 Å². The van der Waals surface area contributed by atoms with Gasteiger partial charge in [0, 0.05) is 37.3 Å². The number of aromatic nitrogens is 4. The number of amides is 2. The number of rotatable bonds is 8. The minimum absolute atomic E-state index is 0.0645. The summed E-state index contributed by atoms with van der Waals surface area (Å²) in [7, 11) is 0. The predicted octanol–water partition coefficient (Wildman–Crippen LogP) is 5.20. The molecule has 11 heteroatoms. The maximum Gasteiger partial charge on any atom is 0.291 e. The summed E-state index contributed by atoms with van der Waals surface area (Å²) < 4.78 is 0. The van der Waals surface area contributed by atoms with Crippen molar-refractivity contribution in [3.63, 3.8) is 0 Å². The van der Waals surface area contributed by atoms with Crippen LogP contribution in [0.5, 0.6) is 0 Å². The molecule has 1 atom stereocenters. The van der Waals surface area contributed by atoms with E-state index in [2.05, 4.69) is 96.0 Å². The molecule has 2 aromatic rings. The zero-order valence-electron chi connectivity index (χ0n) is 29.3. The van der Waals surface area contributed by atoms with Gasteiger partial charge in [0.05, 0.1) is 12.6 Å². The van der Waals surface area contributed by atoms with Gasteiger partial charge in [-0.1, -0.05) is 46.8 Å². The van der Waals surface area contributed by atoms with Gasteiger partial charge in [0.25, 0.3) is 11.8 Å². The number of nitrogens with zero attached hydrogens (tertiary/aromatic N) is 7. The van der Waals surface area contributed by atoms with Crippen molar-refractivity contribution in [3.05, 3.63) is 41.2 Å². The highest BCUT2D eigenvalue weighted by Crippen LogP contribution is 2.50. The Morgan fingerprint density at radius 3 is 2.20 bits per heavy atom. The Hall–Kier alpha value is -3.34. The molecule has 0 unspecified atom stereocenters. The molecule has 1 aromatic carbocycles. The van der Waals surface area contributed by atoms with Gasteiger partial charge in [-0.2, -0.15) is 0 Å². The van der Waals surface area contributed by atoms with Crippen LogP contribution in [0.1, 0.15) is 122 Å². The van der Waals surface area contributed by atoms with Gasteiger partial charge in [0.1, 0.15) is 5.66 Å². The second-order valence-electron chi connectivity index (χ2n) is 16.0. The largest absolute Gasteiger partial charge is 0.350 e. The van der Waals surface area contributed by atoms with Gasteiger partial charge >= 0.3 is 0 Å². The number of tetrazole rings is 1. The third kappa shape index (κ3) is 7.45. The van der Waals surface area contributed by atoms with Crippen LogP contribution in [0.15, 0.2) is 29.3 Å². The summed E-state index contributed by atoms with van der Waals surface area (Å²) in [5.41, 5.74) is 1.39. The molecule has 1 aromatic heterocycles. The molecule has 2 amide bonds. The van der Waals surface area contributed by atoms with Crippen LogP contribution in [0.25, 0.3) is 0 Å².